The van der Waals surface area contributed by atoms with Crippen molar-refractivity contribution in [1.82, 2.24) is 9.78 Å². The molecule has 96 valence electrons. The van der Waals surface area contributed by atoms with E-state index in [0.717, 1.165) is 28.9 Å². The number of aryl methyl sites for hydroxylation is 2. The summed E-state index contributed by atoms with van der Waals surface area (Å²) in [5.41, 5.74) is 8.88. The van der Waals surface area contributed by atoms with E-state index < -0.39 is 0 Å². The topological polar surface area (TPSA) is 53.1 Å². The summed E-state index contributed by atoms with van der Waals surface area (Å²) in [6, 6.07) is 3.89. The highest BCUT2D eigenvalue weighted by atomic mass is 35.5. The molecule has 1 heterocycles. The Hall–Kier alpha value is -1.68. The molecule has 0 bridgehead atoms. The first-order chi connectivity index (χ1) is 8.58. The zero-order chi connectivity index (χ0) is 13.3. The van der Waals surface area contributed by atoms with Gasteiger partial charge in [0, 0.05) is 12.6 Å². The average Bonchev–Trinajstić information content (AvgIpc) is 2.69. The van der Waals surface area contributed by atoms with Gasteiger partial charge in [-0.3, -0.25) is 4.68 Å². The van der Waals surface area contributed by atoms with E-state index in [1.807, 2.05) is 19.2 Å². The van der Waals surface area contributed by atoms with Gasteiger partial charge in [0.15, 0.2) is 0 Å². The third kappa shape index (κ3) is 2.04. The number of nitrogens with zero attached hydrogens (tertiary/aromatic N) is 2. The molecule has 1 aromatic carbocycles. The monoisotopic (exact) mass is 265 g/mol. The Morgan fingerprint density at radius 1 is 1.44 bits per heavy atom. The highest BCUT2D eigenvalue weighted by Gasteiger charge is 2.13. The Labute approximate surface area is 111 Å². The van der Waals surface area contributed by atoms with Gasteiger partial charge in [-0.1, -0.05) is 18.5 Å². The first kappa shape index (κ1) is 12.8. The van der Waals surface area contributed by atoms with Crippen molar-refractivity contribution in [2.75, 3.05) is 12.8 Å². The number of benzene rings is 1. The second-order valence-corrected chi connectivity index (χ2v) is 4.48. The van der Waals surface area contributed by atoms with E-state index in [9.17, 15) is 0 Å². The molecule has 2 aromatic rings. The van der Waals surface area contributed by atoms with Gasteiger partial charge in [0.05, 0.1) is 18.3 Å². The molecule has 2 N–H and O–H groups in total. The van der Waals surface area contributed by atoms with Gasteiger partial charge in [-0.25, -0.2) is 0 Å². The number of hydrogen-bond donors (Lipinski definition) is 1. The first-order valence-corrected chi connectivity index (χ1v) is 6.10. The summed E-state index contributed by atoms with van der Waals surface area (Å²) in [5.74, 6) is 1.35. The Morgan fingerprint density at radius 2 is 2.17 bits per heavy atom. The highest BCUT2D eigenvalue weighted by Crippen LogP contribution is 2.36. The third-order valence-corrected chi connectivity index (χ3v) is 3.28. The third-order valence-electron chi connectivity index (χ3n) is 3.00. The molecule has 0 aliphatic carbocycles. The fraction of sp³-hybridized carbons (Fsp3) is 0.308. The standard InChI is InChI=1S/C13H16ClN3O/c1-4-8-5-9(6-11(14)12(8)18-3)10-7-16-17(2)13(10)15/h5-7H,4,15H2,1-3H3. The summed E-state index contributed by atoms with van der Waals surface area (Å²) >= 11 is 6.23. The van der Waals surface area contributed by atoms with Crippen molar-refractivity contribution in [1.29, 1.82) is 0 Å². The van der Waals surface area contributed by atoms with E-state index >= 15 is 0 Å². The Morgan fingerprint density at radius 3 is 2.67 bits per heavy atom. The normalized spacial score (nSPS) is 10.7. The van der Waals surface area contributed by atoms with Gasteiger partial charge in [-0.15, -0.1) is 0 Å². The number of halogens is 1. The van der Waals surface area contributed by atoms with Crippen LogP contribution in [0.5, 0.6) is 5.75 Å². The zero-order valence-corrected chi connectivity index (χ0v) is 11.5. The molecule has 0 spiro atoms. The maximum absolute atomic E-state index is 6.23. The smallest absolute Gasteiger partial charge is 0.140 e. The number of anilines is 1. The number of hydrogen-bond acceptors (Lipinski definition) is 3. The minimum atomic E-state index is 0.593. The zero-order valence-electron chi connectivity index (χ0n) is 10.7. The molecule has 0 atom stereocenters. The molecule has 0 fully saturated rings. The summed E-state index contributed by atoms with van der Waals surface area (Å²) < 4.78 is 6.95. The van der Waals surface area contributed by atoms with Crippen LogP contribution in [0.1, 0.15) is 12.5 Å². The van der Waals surface area contributed by atoms with Gasteiger partial charge in [-0.05, 0) is 29.7 Å². The number of methoxy groups -OCH3 is 1. The minimum Gasteiger partial charge on any atom is -0.495 e. The lowest BCUT2D eigenvalue weighted by Gasteiger charge is -2.11. The Balaban J connectivity index is 2.59. The second kappa shape index (κ2) is 4.90. The summed E-state index contributed by atoms with van der Waals surface area (Å²) in [4.78, 5) is 0. The Kier molecular flexibility index (Phi) is 3.48. The van der Waals surface area contributed by atoms with Crippen LogP contribution in [-0.2, 0) is 13.5 Å². The molecule has 4 nitrogen and oxygen atoms in total. The molecule has 2 rings (SSSR count). The first-order valence-electron chi connectivity index (χ1n) is 5.72. The van der Waals surface area contributed by atoms with Crippen LogP contribution in [0.4, 0.5) is 5.82 Å². The van der Waals surface area contributed by atoms with E-state index in [-0.39, 0.29) is 0 Å². The van der Waals surface area contributed by atoms with Gasteiger partial charge in [-0.2, -0.15) is 5.10 Å². The average molecular weight is 266 g/mol. The van der Waals surface area contributed by atoms with Crippen LogP contribution in [0.25, 0.3) is 11.1 Å². The lowest BCUT2D eigenvalue weighted by atomic mass is 10.0. The van der Waals surface area contributed by atoms with Crippen molar-refractivity contribution in [3.8, 4) is 16.9 Å². The molecule has 0 unspecified atom stereocenters. The summed E-state index contributed by atoms with van der Waals surface area (Å²) in [5, 5.41) is 4.73. The van der Waals surface area contributed by atoms with E-state index in [0.29, 0.717) is 10.8 Å². The van der Waals surface area contributed by atoms with Crippen LogP contribution >= 0.6 is 11.6 Å². The van der Waals surface area contributed by atoms with E-state index in [2.05, 4.69) is 12.0 Å². The van der Waals surface area contributed by atoms with Gasteiger partial charge in [0.1, 0.15) is 11.6 Å². The molecule has 0 aliphatic rings. The van der Waals surface area contributed by atoms with Gasteiger partial charge < -0.3 is 10.5 Å². The molecule has 5 heteroatoms. The lowest BCUT2D eigenvalue weighted by Crippen LogP contribution is -1.98. The number of nitrogens with two attached hydrogens (primary N) is 1. The van der Waals surface area contributed by atoms with Crippen molar-refractivity contribution in [3.63, 3.8) is 0 Å². The summed E-state index contributed by atoms with van der Waals surface area (Å²) in [6.07, 6.45) is 2.59. The quantitative estimate of drug-likeness (QED) is 0.928. The van der Waals surface area contributed by atoms with Crippen LogP contribution in [0.3, 0.4) is 0 Å². The van der Waals surface area contributed by atoms with Gasteiger partial charge >= 0.3 is 0 Å². The van der Waals surface area contributed by atoms with Gasteiger partial charge in [0.25, 0.3) is 0 Å². The molecular weight excluding hydrogens is 250 g/mol. The maximum atomic E-state index is 6.23. The fourth-order valence-electron chi connectivity index (χ4n) is 1.97. The summed E-state index contributed by atoms with van der Waals surface area (Å²) in [7, 11) is 3.43. The van der Waals surface area contributed by atoms with Crippen LogP contribution in [0.15, 0.2) is 18.3 Å². The molecule has 0 saturated heterocycles. The predicted octanol–water partition coefficient (Wildman–Crippen LogP) is 2.89. The molecular formula is C13H16ClN3O. The molecule has 0 radical (unpaired) electrons. The van der Waals surface area contributed by atoms with Crippen molar-refractivity contribution in [2.24, 2.45) is 7.05 Å². The summed E-state index contributed by atoms with van der Waals surface area (Å²) in [6.45, 7) is 2.06. The molecule has 0 saturated carbocycles. The van der Waals surface area contributed by atoms with Crippen molar-refractivity contribution < 1.29 is 4.74 Å². The van der Waals surface area contributed by atoms with Crippen molar-refractivity contribution >= 4 is 17.4 Å². The van der Waals surface area contributed by atoms with Crippen LogP contribution in [0, 0.1) is 0 Å². The number of nitrogen functional groups attached to an aromatic ring is 1. The second-order valence-electron chi connectivity index (χ2n) is 4.07. The molecule has 18 heavy (non-hydrogen) atoms. The van der Waals surface area contributed by atoms with Crippen LogP contribution < -0.4 is 10.5 Å². The van der Waals surface area contributed by atoms with Crippen molar-refractivity contribution in [2.45, 2.75) is 13.3 Å². The highest BCUT2D eigenvalue weighted by molar-refractivity contribution is 6.32. The fourth-order valence-corrected chi connectivity index (χ4v) is 2.28. The van der Waals surface area contributed by atoms with E-state index in [4.69, 9.17) is 22.1 Å². The van der Waals surface area contributed by atoms with E-state index in [1.165, 1.54) is 0 Å². The minimum absolute atomic E-state index is 0.593. The number of rotatable bonds is 3. The van der Waals surface area contributed by atoms with Crippen LogP contribution in [-0.4, -0.2) is 16.9 Å². The Bertz CT molecular complexity index is 578. The lowest BCUT2D eigenvalue weighted by molar-refractivity contribution is 0.410. The molecule has 1 aromatic heterocycles. The van der Waals surface area contributed by atoms with Crippen molar-refractivity contribution in [3.05, 3.63) is 28.9 Å². The maximum Gasteiger partial charge on any atom is 0.140 e. The predicted molar refractivity (Wildman–Crippen MR) is 74.0 cm³/mol. The van der Waals surface area contributed by atoms with Crippen LogP contribution in [0.2, 0.25) is 5.02 Å². The number of ether oxygens (including phenoxy) is 1. The largest absolute Gasteiger partial charge is 0.495 e. The van der Waals surface area contributed by atoms with Gasteiger partial charge in [0.2, 0.25) is 0 Å². The van der Waals surface area contributed by atoms with E-state index in [1.54, 1.807) is 18.0 Å². The SMILES string of the molecule is CCc1cc(-c2cnn(C)c2N)cc(Cl)c1OC. The molecule has 0 aliphatic heterocycles. The number of aromatic nitrogens is 2. The molecule has 0 amide bonds.